The van der Waals surface area contributed by atoms with E-state index >= 15 is 0 Å². The van der Waals surface area contributed by atoms with Crippen LogP contribution in [0.1, 0.15) is 12.0 Å². The van der Waals surface area contributed by atoms with Gasteiger partial charge in [0.15, 0.2) is 9.84 Å². The van der Waals surface area contributed by atoms with Gasteiger partial charge in [-0.1, -0.05) is 6.07 Å². The minimum atomic E-state index is -2.98. The van der Waals surface area contributed by atoms with E-state index in [2.05, 4.69) is 15.6 Å². The van der Waals surface area contributed by atoms with Crippen molar-refractivity contribution in [1.29, 1.82) is 0 Å². The Morgan fingerprint density at radius 2 is 2.28 bits per heavy atom. The summed E-state index contributed by atoms with van der Waals surface area (Å²) in [5.74, 6) is 0.637. The predicted molar refractivity (Wildman–Crippen MR) is 68.2 cm³/mol. The van der Waals surface area contributed by atoms with Crippen LogP contribution in [0.5, 0.6) is 0 Å². The molecule has 1 atom stereocenters. The predicted octanol–water partition coefficient (Wildman–Crippen LogP) is 0.699. The van der Waals surface area contributed by atoms with Crippen LogP contribution in [0.3, 0.4) is 0 Å². The average Bonchev–Trinajstić information content (AvgIpc) is 2.61. The van der Waals surface area contributed by atoms with Crippen LogP contribution in [0, 0.1) is 6.92 Å². The number of aryl methyl sites for hydroxylation is 1. The molecule has 1 aromatic heterocycles. The van der Waals surface area contributed by atoms with Crippen LogP contribution < -0.4 is 10.6 Å². The van der Waals surface area contributed by atoms with Gasteiger partial charge in [0.05, 0.1) is 11.5 Å². The van der Waals surface area contributed by atoms with Crippen molar-refractivity contribution in [1.82, 2.24) is 10.3 Å². The Hall–Kier alpha value is -1.63. The second-order valence-corrected chi connectivity index (χ2v) is 6.60. The summed E-state index contributed by atoms with van der Waals surface area (Å²) in [6.07, 6.45) is 2.06. The summed E-state index contributed by atoms with van der Waals surface area (Å²) in [5, 5.41) is 5.25. The summed E-state index contributed by atoms with van der Waals surface area (Å²) in [4.78, 5) is 15.7. The molecule has 0 radical (unpaired) electrons. The molecule has 2 rings (SSSR count). The van der Waals surface area contributed by atoms with E-state index in [1.54, 1.807) is 12.3 Å². The number of aromatic nitrogens is 1. The minimum Gasteiger partial charge on any atom is -0.334 e. The molecule has 1 unspecified atom stereocenters. The number of sulfone groups is 1. The lowest BCUT2D eigenvalue weighted by molar-refractivity contribution is 0.249. The maximum Gasteiger partial charge on any atom is 0.320 e. The molecule has 1 aliphatic heterocycles. The van der Waals surface area contributed by atoms with Crippen LogP contribution >= 0.6 is 0 Å². The molecule has 0 bridgehead atoms. The second kappa shape index (κ2) is 4.93. The quantitative estimate of drug-likeness (QED) is 0.827. The molecule has 1 aliphatic rings. The highest BCUT2D eigenvalue weighted by atomic mass is 32.2. The van der Waals surface area contributed by atoms with E-state index in [0.29, 0.717) is 12.2 Å². The number of nitrogens with one attached hydrogen (secondary N) is 2. The van der Waals surface area contributed by atoms with Crippen LogP contribution in [0.4, 0.5) is 10.6 Å². The Kier molecular flexibility index (Phi) is 3.51. The molecule has 0 spiro atoms. The Morgan fingerprint density at radius 1 is 1.50 bits per heavy atom. The van der Waals surface area contributed by atoms with Crippen molar-refractivity contribution < 1.29 is 13.2 Å². The molecule has 1 aromatic rings. The molecule has 98 valence electrons. The maximum absolute atomic E-state index is 11.7. The third-order valence-corrected chi connectivity index (χ3v) is 4.58. The normalized spacial score (nSPS) is 21.5. The fourth-order valence-corrected chi connectivity index (χ4v) is 3.53. The van der Waals surface area contributed by atoms with Gasteiger partial charge in [-0.15, -0.1) is 0 Å². The third kappa shape index (κ3) is 3.19. The standard InChI is InChI=1S/C11H15N3O3S/c1-8-3-2-5-12-10(8)14-11(15)13-9-4-6-18(16,17)7-9/h2-3,5,9H,4,6-7H2,1H3,(H2,12,13,14,15). The van der Waals surface area contributed by atoms with Crippen molar-refractivity contribution in [2.75, 3.05) is 16.8 Å². The van der Waals surface area contributed by atoms with E-state index in [1.807, 2.05) is 13.0 Å². The van der Waals surface area contributed by atoms with Crippen molar-refractivity contribution in [3.63, 3.8) is 0 Å². The first-order valence-electron chi connectivity index (χ1n) is 5.66. The lowest BCUT2D eigenvalue weighted by Gasteiger charge is -2.12. The molecule has 0 saturated carbocycles. The number of pyridine rings is 1. The molecular weight excluding hydrogens is 254 g/mol. The first-order chi connectivity index (χ1) is 8.46. The van der Waals surface area contributed by atoms with E-state index in [-0.39, 0.29) is 17.5 Å². The van der Waals surface area contributed by atoms with Gasteiger partial charge in [0.25, 0.3) is 0 Å². The zero-order chi connectivity index (χ0) is 13.2. The first-order valence-corrected chi connectivity index (χ1v) is 7.48. The molecule has 0 aliphatic carbocycles. The van der Waals surface area contributed by atoms with Gasteiger partial charge in [-0.05, 0) is 25.0 Å². The summed E-state index contributed by atoms with van der Waals surface area (Å²) in [6.45, 7) is 1.84. The molecule has 6 nitrogen and oxygen atoms in total. The molecule has 0 aromatic carbocycles. The van der Waals surface area contributed by atoms with E-state index in [9.17, 15) is 13.2 Å². The highest BCUT2D eigenvalue weighted by Crippen LogP contribution is 2.12. The number of carbonyl (C=O) groups is 1. The van der Waals surface area contributed by atoms with Gasteiger partial charge in [-0.25, -0.2) is 18.2 Å². The second-order valence-electron chi connectivity index (χ2n) is 4.37. The smallest absolute Gasteiger partial charge is 0.320 e. The average molecular weight is 269 g/mol. The number of carbonyl (C=O) groups excluding carboxylic acids is 1. The van der Waals surface area contributed by atoms with Crippen molar-refractivity contribution >= 4 is 21.7 Å². The molecule has 1 saturated heterocycles. The number of rotatable bonds is 2. The fraction of sp³-hybridized carbons (Fsp3) is 0.455. The fourth-order valence-electron chi connectivity index (χ4n) is 1.85. The van der Waals surface area contributed by atoms with Gasteiger partial charge in [0, 0.05) is 12.2 Å². The van der Waals surface area contributed by atoms with Crippen molar-refractivity contribution in [2.45, 2.75) is 19.4 Å². The van der Waals surface area contributed by atoms with Crippen LogP contribution in [0.2, 0.25) is 0 Å². The van der Waals surface area contributed by atoms with Gasteiger partial charge in [0.2, 0.25) is 0 Å². The van der Waals surface area contributed by atoms with Crippen molar-refractivity contribution in [3.8, 4) is 0 Å². The summed E-state index contributed by atoms with van der Waals surface area (Å²) >= 11 is 0. The topological polar surface area (TPSA) is 88.2 Å². The Balaban J connectivity index is 1.92. The lowest BCUT2D eigenvalue weighted by Crippen LogP contribution is -2.38. The largest absolute Gasteiger partial charge is 0.334 e. The van der Waals surface area contributed by atoms with Crippen LogP contribution in [0.15, 0.2) is 18.3 Å². The van der Waals surface area contributed by atoms with Gasteiger partial charge in [-0.2, -0.15) is 0 Å². The number of urea groups is 1. The molecular formula is C11H15N3O3S. The zero-order valence-corrected chi connectivity index (χ0v) is 10.8. The van der Waals surface area contributed by atoms with Crippen molar-refractivity contribution in [3.05, 3.63) is 23.9 Å². The number of amides is 2. The summed E-state index contributed by atoms with van der Waals surface area (Å²) in [5.41, 5.74) is 0.853. The van der Waals surface area contributed by atoms with Crippen LogP contribution in [-0.2, 0) is 9.84 Å². The van der Waals surface area contributed by atoms with E-state index in [0.717, 1.165) is 5.56 Å². The van der Waals surface area contributed by atoms with Gasteiger partial charge in [0.1, 0.15) is 5.82 Å². The number of hydrogen-bond donors (Lipinski definition) is 2. The molecule has 18 heavy (non-hydrogen) atoms. The molecule has 2 heterocycles. The highest BCUT2D eigenvalue weighted by molar-refractivity contribution is 7.91. The lowest BCUT2D eigenvalue weighted by atomic mass is 10.3. The summed E-state index contributed by atoms with van der Waals surface area (Å²) < 4.78 is 22.5. The van der Waals surface area contributed by atoms with Gasteiger partial charge < -0.3 is 5.32 Å². The molecule has 2 N–H and O–H groups in total. The maximum atomic E-state index is 11.7. The Labute approximate surface area is 106 Å². The SMILES string of the molecule is Cc1cccnc1NC(=O)NC1CCS(=O)(=O)C1. The number of anilines is 1. The minimum absolute atomic E-state index is 0.0155. The Morgan fingerprint density at radius 3 is 2.89 bits per heavy atom. The molecule has 1 fully saturated rings. The first kappa shape index (κ1) is 12.8. The van der Waals surface area contributed by atoms with E-state index in [4.69, 9.17) is 0 Å². The highest BCUT2D eigenvalue weighted by Gasteiger charge is 2.28. The molecule has 7 heteroatoms. The number of hydrogen-bond acceptors (Lipinski definition) is 4. The van der Waals surface area contributed by atoms with Crippen LogP contribution in [-0.4, -0.2) is 37.0 Å². The number of nitrogens with zero attached hydrogens (tertiary/aromatic N) is 1. The summed E-state index contributed by atoms with van der Waals surface area (Å²) in [6, 6.07) is 2.89. The Bertz CT molecular complexity index is 556. The zero-order valence-electron chi connectivity index (χ0n) is 10.0. The monoisotopic (exact) mass is 269 g/mol. The van der Waals surface area contributed by atoms with E-state index in [1.165, 1.54) is 0 Å². The molecule has 2 amide bonds. The van der Waals surface area contributed by atoms with Crippen molar-refractivity contribution in [2.24, 2.45) is 0 Å². The van der Waals surface area contributed by atoms with Gasteiger partial charge >= 0.3 is 6.03 Å². The van der Waals surface area contributed by atoms with Gasteiger partial charge in [-0.3, -0.25) is 5.32 Å². The third-order valence-electron chi connectivity index (χ3n) is 2.81. The van der Waals surface area contributed by atoms with Crippen LogP contribution in [0.25, 0.3) is 0 Å². The summed E-state index contributed by atoms with van der Waals surface area (Å²) in [7, 11) is -2.98. The van der Waals surface area contributed by atoms with E-state index < -0.39 is 15.9 Å².